The Labute approximate surface area is 141 Å². The van der Waals surface area contributed by atoms with Crippen molar-refractivity contribution < 1.29 is 9.59 Å². The number of pyridine rings is 1. The summed E-state index contributed by atoms with van der Waals surface area (Å²) in [7, 11) is 0. The Morgan fingerprint density at radius 2 is 1.75 bits per heavy atom. The Balaban J connectivity index is 1.80. The second-order valence-electron chi connectivity index (χ2n) is 5.68. The second-order valence-corrected chi connectivity index (χ2v) is 5.68. The molecule has 6 heteroatoms. The maximum atomic E-state index is 12.0. The van der Waals surface area contributed by atoms with Gasteiger partial charge in [-0.2, -0.15) is 0 Å². The van der Waals surface area contributed by atoms with Gasteiger partial charge in [-0.25, -0.2) is 4.79 Å². The molecule has 2 aromatic rings. The van der Waals surface area contributed by atoms with E-state index >= 15 is 0 Å². The SMILES string of the molecule is Cc1cc(C)c(NC(=O)CNC(=O)NCc2ccccn2)c(C)c1. The minimum atomic E-state index is -0.409. The van der Waals surface area contributed by atoms with Crippen LogP contribution in [0.3, 0.4) is 0 Å². The van der Waals surface area contributed by atoms with E-state index in [9.17, 15) is 9.59 Å². The molecule has 0 aliphatic carbocycles. The van der Waals surface area contributed by atoms with E-state index in [-0.39, 0.29) is 12.5 Å². The van der Waals surface area contributed by atoms with E-state index in [1.165, 1.54) is 0 Å². The number of rotatable bonds is 5. The fraction of sp³-hybridized carbons (Fsp3) is 0.278. The van der Waals surface area contributed by atoms with Crippen LogP contribution >= 0.6 is 0 Å². The van der Waals surface area contributed by atoms with Crippen molar-refractivity contribution in [1.29, 1.82) is 0 Å². The highest BCUT2D eigenvalue weighted by Gasteiger charge is 2.09. The number of hydrogen-bond donors (Lipinski definition) is 3. The summed E-state index contributed by atoms with van der Waals surface area (Å²) in [5.41, 5.74) is 4.69. The zero-order chi connectivity index (χ0) is 17.5. The van der Waals surface area contributed by atoms with Gasteiger partial charge in [0.1, 0.15) is 0 Å². The van der Waals surface area contributed by atoms with Crippen molar-refractivity contribution in [3.05, 3.63) is 58.9 Å². The van der Waals surface area contributed by atoms with Crippen LogP contribution in [0.25, 0.3) is 0 Å². The normalized spacial score (nSPS) is 10.1. The quantitative estimate of drug-likeness (QED) is 0.789. The van der Waals surface area contributed by atoms with Crippen LogP contribution in [-0.4, -0.2) is 23.5 Å². The third-order valence-electron chi connectivity index (χ3n) is 3.51. The first-order valence-corrected chi connectivity index (χ1v) is 7.75. The molecule has 2 rings (SSSR count). The molecular weight excluding hydrogens is 304 g/mol. The zero-order valence-electron chi connectivity index (χ0n) is 14.1. The van der Waals surface area contributed by atoms with Crippen molar-refractivity contribution in [2.75, 3.05) is 11.9 Å². The molecule has 1 aromatic heterocycles. The molecule has 1 heterocycles. The summed E-state index contributed by atoms with van der Waals surface area (Å²) < 4.78 is 0. The van der Waals surface area contributed by atoms with Crippen LogP contribution in [0, 0.1) is 20.8 Å². The van der Waals surface area contributed by atoms with Gasteiger partial charge in [0, 0.05) is 11.9 Å². The van der Waals surface area contributed by atoms with E-state index in [4.69, 9.17) is 0 Å². The summed E-state index contributed by atoms with van der Waals surface area (Å²) in [4.78, 5) is 27.8. The number of nitrogens with zero attached hydrogens (tertiary/aromatic N) is 1. The third kappa shape index (κ3) is 5.08. The molecule has 0 aliphatic rings. The molecule has 126 valence electrons. The average molecular weight is 326 g/mol. The Kier molecular flexibility index (Phi) is 5.89. The van der Waals surface area contributed by atoms with Crippen LogP contribution in [0.15, 0.2) is 36.5 Å². The minimum absolute atomic E-state index is 0.0964. The van der Waals surface area contributed by atoms with Gasteiger partial charge in [-0.05, 0) is 44.0 Å². The van der Waals surface area contributed by atoms with Gasteiger partial charge in [0.15, 0.2) is 0 Å². The fourth-order valence-corrected chi connectivity index (χ4v) is 2.46. The lowest BCUT2D eigenvalue weighted by molar-refractivity contribution is -0.115. The molecule has 6 nitrogen and oxygen atoms in total. The number of urea groups is 1. The smallest absolute Gasteiger partial charge is 0.315 e. The number of amides is 3. The second kappa shape index (κ2) is 8.10. The number of benzene rings is 1. The van der Waals surface area contributed by atoms with E-state index in [0.29, 0.717) is 6.54 Å². The Morgan fingerprint density at radius 3 is 2.38 bits per heavy atom. The standard InChI is InChI=1S/C18H22N4O2/c1-12-8-13(2)17(14(3)9-12)22-16(23)11-21-18(24)20-10-15-6-4-5-7-19-15/h4-9H,10-11H2,1-3H3,(H,22,23)(H2,20,21,24). The number of aryl methyl sites for hydroxylation is 3. The minimum Gasteiger partial charge on any atom is -0.333 e. The summed E-state index contributed by atoms with van der Waals surface area (Å²) in [5.74, 6) is -0.266. The molecule has 0 spiro atoms. The van der Waals surface area contributed by atoms with Gasteiger partial charge in [0.05, 0.1) is 18.8 Å². The van der Waals surface area contributed by atoms with Crippen molar-refractivity contribution in [2.24, 2.45) is 0 Å². The largest absolute Gasteiger partial charge is 0.333 e. The number of nitrogens with one attached hydrogen (secondary N) is 3. The highest BCUT2D eigenvalue weighted by atomic mass is 16.2. The third-order valence-corrected chi connectivity index (χ3v) is 3.51. The molecule has 0 unspecified atom stereocenters. The summed E-state index contributed by atoms with van der Waals surface area (Å²) in [6.45, 7) is 6.12. The predicted octanol–water partition coefficient (Wildman–Crippen LogP) is 2.44. The van der Waals surface area contributed by atoms with Crippen LogP contribution in [0.2, 0.25) is 0 Å². The molecule has 0 saturated carbocycles. The van der Waals surface area contributed by atoms with E-state index in [1.54, 1.807) is 6.20 Å². The fourth-order valence-electron chi connectivity index (χ4n) is 2.46. The van der Waals surface area contributed by atoms with Gasteiger partial charge in [0.25, 0.3) is 0 Å². The maximum absolute atomic E-state index is 12.0. The first kappa shape index (κ1) is 17.5. The number of hydrogen-bond acceptors (Lipinski definition) is 3. The number of aromatic nitrogens is 1. The first-order valence-electron chi connectivity index (χ1n) is 7.75. The summed E-state index contributed by atoms with van der Waals surface area (Å²) >= 11 is 0. The summed E-state index contributed by atoms with van der Waals surface area (Å²) in [6.07, 6.45) is 1.66. The topological polar surface area (TPSA) is 83.1 Å². The van der Waals surface area contributed by atoms with Crippen molar-refractivity contribution in [3.63, 3.8) is 0 Å². The van der Waals surface area contributed by atoms with E-state index in [1.807, 2.05) is 51.1 Å². The highest BCUT2D eigenvalue weighted by Crippen LogP contribution is 2.21. The number of anilines is 1. The predicted molar refractivity (Wildman–Crippen MR) is 93.8 cm³/mol. The van der Waals surface area contributed by atoms with Gasteiger partial charge in [-0.1, -0.05) is 23.8 Å². The van der Waals surface area contributed by atoms with Gasteiger partial charge in [-0.15, -0.1) is 0 Å². The van der Waals surface area contributed by atoms with Crippen molar-refractivity contribution in [1.82, 2.24) is 15.6 Å². The van der Waals surface area contributed by atoms with E-state index in [2.05, 4.69) is 20.9 Å². The van der Waals surface area contributed by atoms with Crippen LogP contribution < -0.4 is 16.0 Å². The molecule has 0 fully saturated rings. The van der Waals surface area contributed by atoms with Gasteiger partial charge in [-0.3, -0.25) is 9.78 Å². The Bertz CT molecular complexity index is 706. The summed E-state index contributed by atoms with van der Waals surface area (Å²) in [6, 6.07) is 9.08. The average Bonchev–Trinajstić information content (AvgIpc) is 2.55. The lowest BCUT2D eigenvalue weighted by Gasteiger charge is -2.13. The molecule has 0 atom stereocenters. The summed E-state index contributed by atoms with van der Waals surface area (Å²) in [5, 5.41) is 8.03. The zero-order valence-corrected chi connectivity index (χ0v) is 14.1. The van der Waals surface area contributed by atoms with Crippen molar-refractivity contribution in [2.45, 2.75) is 27.3 Å². The van der Waals surface area contributed by atoms with Crippen LogP contribution in [-0.2, 0) is 11.3 Å². The number of carbonyl (C=O) groups is 2. The molecular formula is C18H22N4O2. The molecule has 0 aliphatic heterocycles. The van der Waals surface area contributed by atoms with Crippen molar-refractivity contribution >= 4 is 17.6 Å². The van der Waals surface area contributed by atoms with Gasteiger partial charge in [0.2, 0.25) is 5.91 Å². The van der Waals surface area contributed by atoms with E-state index < -0.39 is 6.03 Å². The Hall–Kier alpha value is -2.89. The maximum Gasteiger partial charge on any atom is 0.315 e. The van der Waals surface area contributed by atoms with Crippen LogP contribution in [0.4, 0.5) is 10.5 Å². The lowest BCUT2D eigenvalue weighted by atomic mass is 10.1. The highest BCUT2D eigenvalue weighted by molar-refractivity contribution is 5.95. The van der Waals surface area contributed by atoms with Gasteiger partial charge >= 0.3 is 6.03 Å². The molecule has 1 aromatic carbocycles. The molecule has 3 N–H and O–H groups in total. The van der Waals surface area contributed by atoms with Crippen LogP contribution in [0.1, 0.15) is 22.4 Å². The molecule has 0 saturated heterocycles. The first-order chi connectivity index (χ1) is 11.5. The molecule has 0 radical (unpaired) electrons. The van der Waals surface area contributed by atoms with Crippen LogP contribution in [0.5, 0.6) is 0 Å². The number of carbonyl (C=O) groups excluding carboxylic acids is 2. The molecule has 3 amide bonds. The van der Waals surface area contributed by atoms with E-state index in [0.717, 1.165) is 28.1 Å². The van der Waals surface area contributed by atoms with Crippen molar-refractivity contribution in [3.8, 4) is 0 Å². The molecule has 24 heavy (non-hydrogen) atoms. The monoisotopic (exact) mass is 326 g/mol. The lowest BCUT2D eigenvalue weighted by Crippen LogP contribution is -2.39. The van der Waals surface area contributed by atoms with Gasteiger partial charge < -0.3 is 16.0 Å². The Morgan fingerprint density at radius 1 is 1.04 bits per heavy atom. The molecule has 0 bridgehead atoms.